The van der Waals surface area contributed by atoms with Crippen LogP contribution in [0.4, 0.5) is 0 Å². The van der Waals surface area contributed by atoms with Gasteiger partial charge < -0.3 is 16.0 Å². The zero-order chi connectivity index (χ0) is 14.4. The maximum atomic E-state index is 11.9. The highest BCUT2D eigenvalue weighted by Gasteiger charge is 2.20. The summed E-state index contributed by atoms with van der Waals surface area (Å²) in [5.41, 5.74) is 5.55. The molecule has 0 bridgehead atoms. The lowest BCUT2D eigenvalue weighted by molar-refractivity contribution is -0.131. The van der Waals surface area contributed by atoms with Crippen molar-refractivity contribution in [2.24, 2.45) is 5.73 Å². The van der Waals surface area contributed by atoms with Crippen LogP contribution in [0.5, 0.6) is 0 Å². The summed E-state index contributed by atoms with van der Waals surface area (Å²) in [5, 5.41) is 10.1. The molecule has 106 valence electrons. The van der Waals surface area contributed by atoms with Crippen LogP contribution in [0, 0.1) is 0 Å². The molecule has 1 aromatic rings. The second-order valence-electron chi connectivity index (χ2n) is 4.20. The molecule has 0 aromatic carbocycles. The second kappa shape index (κ2) is 6.83. The fourth-order valence-corrected chi connectivity index (χ4v) is 1.46. The molecule has 8 nitrogen and oxygen atoms in total. The minimum atomic E-state index is -0.600. The van der Waals surface area contributed by atoms with E-state index in [-0.39, 0.29) is 11.6 Å². The average Bonchev–Trinajstić information content (AvgIpc) is 2.86. The van der Waals surface area contributed by atoms with E-state index in [0.29, 0.717) is 19.6 Å². The van der Waals surface area contributed by atoms with Gasteiger partial charge in [-0.1, -0.05) is 5.21 Å². The topological polar surface area (TPSA) is 106 Å². The third kappa shape index (κ3) is 4.02. The number of hydrogen-bond acceptors (Lipinski definition) is 5. The van der Waals surface area contributed by atoms with Gasteiger partial charge in [-0.2, -0.15) is 0 Å². The number of nitrogens with zero attached hydrogens (tertiary/aromatic N) is 4. The highest BCUT2D eigenvalue weighted by molar-refractivity contribution is 5.95. The Morgan fingerprint density at radius 2 is 2.26 bits per heavy atom. The van der Waals surface area contributed by atoms with E-state index in [1.807, 2.05) is 6.92 Å². The number of rotatable bonds is 6. The molecule has 1 aromatic heterocycles. The van der Waals surface area contributed by atoms with Gasteiger partial charge >= 0.3 is 0 Å². The van der Waals surface area contributed by atoms with E-state index < -0.39 is 11.9 Å². The van der Waals surface area contributed by atoms with Crippen LogP contribution in [0.1, 0.15) is 24.3 Å². The third-order valence-electron chi connectivity index (χ3n) is 2.70. The van der Waals surface area contributed by atoms with Gasteiger partial charge in [0, 0.05) is 20.1 Å². The summed E-state index contributed by atoms with van der Waals surface area (Å²) in [7, 11) is 1.68. The summed E-state index contributed by atoms with van der Waals surface area (Å²) in [5.74, 6) is -0.571. The van der Waals surface area contributed by atoms with Gasteiger partial charge in [0.05, 0.1) is 12.7 Å². The maximum absolute atomic E-state index is 11.9. The Labute approximate surface area is 111 Å². The van der Waals surface area contributed by atoms with Crippen molar-refractivity contribution < 1.29 is 9.59 Å². The van der Waals surface area contributed by atoms with Gasteiger partial charge in [0.25, 0.3) is 5.91 Å². The van der Waals surface area contributed by atoms with Crippen LogP contribution in [0.25, 0.3) is 0 Å². The van der Waals surface area contributed by atoms with Crippen molar-refractivity contribution in [1.29, 1.82) is 0 Å². The summed E-state index contributed by atoms with van der Waals surface area (Å²) in [6.07, 6.45) is 1.50. The first kappa shape index (κ1) is 15.1. The molecule has 1 rings (SSSR count). The summed E-state index contributed by atoms with van der Waals surface area (Å²) in [4.78, 5) is 25.2. The first-order chi connectivity index (χ1) is 8.99. The molecule has 1 unspecified atom stereocenters. The van der Waals surface area contributed by atoms with E-state index in [1.165, 1.54) is 15.8 Å². The molecular weight excluding hydrogens is 248 g/mol. The normalized spacial score (nSPS) is 12.0. The molecule has 0 saturated carbocycles. The van der Waals surface area contributed by atoms with Crippen molar-refractivity contribution >= 4 is 11.8 Å². The van der Waals surface area contributed by atoms with Gasteiger partial charge in [-0.05, 0) is 13.8 Å². The standard InChI is InChI=1S/C11H20N6O2/c1-4-16(3)11(19)8(2)13-10(18)9-7-17(6-5-12)15-14-9/h7-8H,4-6,12H2,1-3H3,(H,13,18). The summed E-state index contributed by atoms with van der Waals surface area (Å²) < 4.78 is 1.49. The fraction of sp³-hybridized carbons (Fsp3) is 0.636. The Morgan fingerprint density at radius 3 is 2.84 bits per heavy atom. The third-order valence-corrected chi connectivity index (χ3v) is 2.70. The Hall–Kier alpha value is -1.96. The smallest absolute Gasteiger partial charge is 0.274 e. The molecule has 19 heavy (non-hydrogen) atoms. The van der Waals surface area contributed by atoms with Crippen molar-refractivity contribution in [2.75, 3.05) is 20.1 Å². The number of likely N-dealkylation sites (N-methyl/N-ethyl adjacent to an activating group) is 1. The number of nitrogens with one attached hydrogen (secondary N) is 1. The zero-order valence-corrected chi connectivity index (χ0v) is 11.5. The fourth-order valence-electron chi connectivity index (χ4n) is 1.46. The molecule has 0 fully saturated rings. The largest absolute Gasteiger partial charge is 0.344 e. The Morgan fingerprint density at radius 1 is 1.58 bits per heavy atom. The van der Waals surface area contributed by atoms with Gasteiger partial charge in [-0.3, -0.25) is 14.3 Å². The molecule has 0 aliphatic rings. The van der Waals surface area contributed by atoms with Gasteiger partial charge in [0.15, 0.2) is 5.69 Å². The Bertz CT molecular complexity index is 444. The molecule has 0 radical (unpaired) electrons. The molecular formula is C11H20N6O2. The zero-order valence-electron chi connectivity index (χ0n) is 11.5. The Balaban J connectivity index is 2.60. The average molecular weight is 268 g/mol. The van der Waals surface area contributed by atoms with E-state index in [2.05, 4.69) is 15.6 Å². The monoisotopic (exact) mass is 268 g/mol. The van der Waals surface area contributed by atoms with Crippen molar-refractivity contribution in [1.82, 2.24) is 25.2 Å². The number of hydrogen-bond donors (Lipinski definition) is 2. The predicted octanol–water partition coefficient (Wildman–Crippen LogP) is -1.17. The van der Waals surface area contributed by atoms with E-state index in [9.17, 15) is 9.59 Å². The van der Waals surface area contributed by atoms with Crippen LogP contribution >= 0.6 is 0 Å². The van der Waals surface area contributed by atoms with E-state index in [0.717, 1.165) is 0 Å². The number of carbonyl (C=O) groups excluding carboxylic acids is 2. The van der Waals surface area contributed by atoms with Crippen LogP contribution in [-0.2, 0) is 11.3 Å². The minimum absolute atomic E-state index is 0.148. The Kier molecular flexibility index (Phi) is 5.43. The van der Waals surface area contributed by atoms with Gasteiger partial charge in [0.2, 0.25) is 5.91 Å². The predicted molar refractivity (Wildman–Crippen MR) is 69.3 cm³/mol. The summed E-state index contributed by atoms with van der Waals surface area (Å²) in [6.45, 7) is 5.00. The van der Waals surface area contributed by atoms with Crippen molar-refractivity contribution in [3.63, 3.8) is 0 Å². The van der Waals surface area contributed by atoms with Crippen molar-refractivity contribution in [3.8, 4) is 0 Å². The van der Waals surface area contributed by atoms with Crippen LogP contribution in [0.2, 0.25) is 0 Å². The number of amides is 2. The highest BCUT2D eigenvalue weighted by atomic mass is 16.2. The second-order valence-corrected chi connectivity index (χ2v) is 4.20. The lowest BCUT2D eigenvalue weighted by Crippen LogP contribution is -2.45. The minimum Gasteiger partial charge on any atom is -0.344 e. The lowest BCUT2D eigenvalue weighted by Gasteiger charge is -2.20. The summed E-state index contributed by atoms with van der Waals surface area (Å²) >= 11 is 0. The van der Waals surface area contributed by atoms with Crippen LogP contribution < -0.4 is 11.1 Å². The number of carbonyl (C=O) groups is 2. The highest BCUT2D eigenvalue weighted by Crippen LogP contribution is 1.97. The quantitative estimate of drug-likeness (QED) is 0.676. The van der Waals surface area contributed by atoms with Crippen molar-refractivity contribution in [2.45, 2.75) is 26.4 Å². The molecule has 0 spiro atoms. The lowest BCUT2D eigenvalue weighted by atomic mass is 10.2. The molecule has 1 atom stereocenters. The molecule has 0 aliphatic carbocycles. The molecule has 8 heteroatoms. The van der Waals surface area contributed by atoms with Gasteiger partial charge in [-0.15, -0.1) is 5.10 Å². The first-order valence-electron chi connectivity index (χ1n) is 6.15. The SMILES string of the molecule is CCN(C)C(=O)C(C)NC(=O)c1cn(CCN)nn1. The van der Waals surface area contributed by atoms with Crippen LogP contribution in [0.3, 0.4) is 0 Å². The van der Waals surface area contributed by atoms with E-state index in [4.69, 9.17) is 5.73 Å². The molecule has 2 amide bonds. The van der Waals surface area contributed by atoms with Crippen molar-refractivity contribution in [3.05, 3.63) is 11.9 Å². The van der Waals surface area contributed by atoms with Gasteiger partial charge in [0.1, 0.15) is 6.04 Å². The van der Waals surface area contributed by atoms with E-state index >= 15 is 0 Å². The summed E-state index contributed by atoms with van der Waals surface area (Å²) in [6, 6.07) is -0.600. The van der Waals surface area contributed by atoms with Gasteiger partial charge in [-0.25, -0.2) is 0 Å². The number of nitrogens with two attached hydrogens (primary N) is 1. The molecule has 3 N–H and O–H groups in total. The van der Waals surface area contributed by atoms with Crippen LogP contribution in [-0.4, -0.2) is 57.9 Å². The molecule has 1 heterocycles. The first-order valence-corrected chi connectivity index (χ1v) is 6.15. The maximum Gasteiger partial charge on any atom is 0.274 e. The molecule has 0 aliphatic heterocycles. The van der Waals surface area contributed by atoms with E-state index in [1.54, 1.807) is 14.0 Å². The molecule has 0 saturated heterocycles. The van der Waals surface area contributed by atoms with Crippen LogP contribution in [0.15, 0.2) is 6.20 Å². The number of aromatic nitrogens is 3.